The smallest absolute Gasteiger partial charge is 0.261 e. The minimum atomic E-state index is -0.441. The van der Waals surface area contributed by atoms with Crippen LogP contribution in [0, 0.1) is 5.92 Å². The van der Waals surface area contributed by atoms with Crippen molar-refractivity contribution in [2.45, 2.75) is 45.6 Å². The van der Waals surface area contributed by atoms with Crippen LogP contribution in [0.25, 0.3) is 0 Å². The molecule has 2 unspecified atom stereocenters. The van der Waals surface area contributed by atoms with E-state index in [4.69, 9.17) is 0 Å². The third kappa shape index (κ3) is 3.12. The van der Waals surface area contributed by atoms with Crippen LogP contribution in [-0.2, 0) is 12.8 Å². The van der Waals surface area contributed by atoms with Gasteiger partial charge in [-0.3, -0.25) is 4.79 Å². The number of thiophene rings is 1. The summed E-state index contributed by atoms with van der Waals surface area (Å²) in [5, 5.41) is 12.2. The fourth-order valence-corrected chi connectivity index (χ4v) is 3.38. The Balaban J connectivity index is 1.99. The van der Waals surface area contributed by atoms with Crippen molar-refractivity contribution in [2.75, 3.05) is 6.54 Å². The van der Waals surface area contributed by atoms with Gasteiger partial charge in [-0.2, -0.15) is 0 Å². The molecule has 1 aromatic rings. The SMILES string of the molecule is CCC(O)CNC(=O)c1cc2c(s1)CCC(C)C2. The Morgan fingerprint density at radius 3 is 3.17 bits per heavy atom. The zero-order valence-corrected chi connectivity index (χ0v) is 11.8. The summed E-state index contributed by atoms with van der Waals surface area (Å²) < 4.78 is 0. The standard InChI is InChI=1S/C14H21NO2S/c1-3-11(16)8-15-14(17)13-7-10-6-9(2)4-5-12(10)18-13/h7,9,11,16H,3-6,8H2,1-2H3,(H,15,17). The fraction of sp³-hybridized carbons (Fsp3) is 0.643. The summed E-state index contributed by atoms with van der Waals surface area (Å²) in [6.45, 7) is 4.51. The first kappa shape index (κ1) is 13.6. The van der Waals surface area contributed by atoms with E-state index >= 15 is 0 Å². The third-order valence-corrected chi connectivity index (χ3v) is 4.76. The Morgan fingerprint density at radius 2 is 2.44 bits per heavy atom. The first-order chi connectivity index (χ1) is 8.60. The highest BCUT2D eigenvalue weighted by molar-refractivity contribution is 7.14. The molecule has 1 amide bonds. The normalized spacial score (nSPS) is 20.3. The molecule has 0 fully saturated rings. The number of amides is 1. The minimum absolute atomic E-state index is 0.0467. The van der Waals surface area contributed by atoms with E-state index in [1.807, 2.05) is 13.0 Å². The molecule has 18 heavy (non-hydrogen) atoms. The molecule has 0 saturated heterocycles. The number of rotatable bonds is 4. The molecule has 0 spiro atoms. The lowest BCUT2D eigenvalue weighted by atomic mass is 9.90. The maximum absolute atomic E-state index is 12.0. The van der Waals surface area contributed by atoms with Gasteiger partial charge < -0.3 is 10.4 Å². The van der Waals surface area contributed by atoms with E-state index in [9.17, 15) is 9.90 Å². The van der Waals surface area contributed by atoms with Gasteiger partial charge >= 0.3 is 0 Å². The second-order valence-corrected chi connectivity index (χ2v) is 6.32. The highest BCUT2D eigenvalue weighted by atomic mass is 32.1. The third-order valence-electron chi connectivity index (χ3n) is 3.52. The number of fused-ring (bicyclic) bond motifs is 1. The van der Waals surface area contributed by atoms with Crippen molar-refractivity contribution in [1.82, 2.24) is 5.32 Å². The Kier molecular flexibility index (Phi) is 4.40. The molecular formula is C14H21NO2S. The summed E-state index contributed by atoms with van der Waals surface area (Å²) in [4.78, 5) is 14.1. The Morgan fingerprint density at radius 1 is 1.67 bits per heavy atom. The van der Waals surface area contributed by atoms with E-state index < -0.39 is 6.10 Å². The van der Waals surface area contributed by atoms with Gasteiger partial charge in [-0.1, -0.05) is 13.8 Å². The van der Waals surface area contributed by atoms with Crippen LogP contribution in [0.3, 0.4) is 0 Å². The number of hydrogen-bond donors (Lipinski definition) is 2. The predicted octanol–water partition coefficient (Wildman–Crippen LogP) is 2.37. The average molecular weight is 267 g/mol. The van der Waals surface area contributed by atoms with Crippen LogP contribution in [0.2, 0.25) is 0 Å². The number of hydrogen-bond acceptors (Lipinski definition) is 3. The van der Waals surface area contributed by atoms with Crippen molar-refractivity contribution < 1.29 is 9.90 Å². The number of aliphatic hydroxyl groups is 1. The molecule has 0 radical (unpaired) electrons. The van der Waals surface area contributed by atoms with Crippen LogP contribution < -0.4 is 5.32 Å². The zero-order chi connectivity index (χ0) is 13.1. The molecule has 0 aromatic carbocycles. The molecule has 1 aliphatic carbocycles. The van der Waals surface area contributed by atoms with E-state index in [1.165, 1.54) is 16.9 Å². The van der Waals surface area contributed by atoms with E-state index in [-0.39, 0.29) is 5.91 Å². The Hall–Kier alpha value is -0.870. The fourth-order valence-electron chi connectivity index (χ4n) is 2.26. The number of carbonyl (C=O) groups is 1. The summed E-state index contributed by atoms with van der Waals surface area (Å²) >= 11 is 1.61. The molecule has 0 saturated carbocycles. The molecular weight excluding hydrogens is 246 g/mol. The molecule has 0 bridgehead atoms. The Labute approximate surface area is 112 Å². The van der Waals surface area contributed by atoms with Crippen molar-refractivity contribution in [3.05, 3.63) is 21.4 Å². The topological polar surface area (TPSA) is 49.3 Å². The molecule has 100 valence electrons. The maximum Gasteiger partial charge on any atom is 0.261 e. The molecule has 0 aliphatic heterocycles. The summed E-state index contributed by atoms with van der Waals surface area (Å²) in [7, 11) is 0. The largest absolute Gasteiger partial charge is 0.391 e. The monoisotopic (exact) mass is 267 g/mol. The van der Waals surface area contributed by atoms with Crippen LogP contribution in [0.1, 0.15) is 46.8 Å². The van der Waals surface area contributed by atoms with Crippen LogP contribution in [0.5, 0.6) is 0 Å². The maximum atomic E-state index is 12.0. The highest BCUT2D eigenvalue weighted by Gasteiger charge is 2.20. The minimum Gasteiger partial charge on any atom is -0.391 e. The highest BCUT2D eigenvalue weighted by Crippen LogP contribution is 2.32. The quantitative estimate of drug-likeness (QED) is 0.880. The molecule has 2 rings (SSSR count). The lowest BCUT2D eigenvalue weighted by Crippen LogP contribution is -2.31. The number of aryl methyl sites for hydroxylation is 1. The summed E-state index contributed by atoms with van der Waals surface area (Å²) in [5.41, 5.74) is 1.35. The average Bonchev–Trinajstić information content (AvgIpc) is 2.78. The number of nitrogens with one attached hydrogen (secondary N) is 1. The lowest BCUT2D eigenvalue weighted by Gasteiger charge is -2.16. The van der Waals surface area contributed by atoms with Gasteiger partial charge in [0.2, 0.25) is 0 Å². The van der Waals surface area contributed by atoms with Gasteiger partial charge in [-0.25, -0.2) is 0 Å². The molecule has 2 N–H and O–H groups in total. The molecule has 1 heterocycles. The van der Waals surface area contributed by atoms with E-state index in [2.05, 4.69) is 12.2 Å². The van der Waals surface area contributed by atoms with Gasteiger partial charge in [0.1, 0.15) is 0 Å². The van der Waals surface area contributed by atoms with Crippen molar-refractivity contribution >= 4 is 17.2 Å². The van der Waals surface area contributed by atoms with Crippen LogP contribution in [0.4, 0.5) is 0 Å². The molecule has 2 atom stereocenters. The predicted molar refractivity (Wildman–Crippen MR) is 74.1 cm³/mol. The Bertz CT molecular complexity index is 427. The molecule has 3 nitrogen and oxygen atoms in total. The molecule has 4 heteroatoms. The lowest BCUT2D eigenvalue weighted by molar-refractivity contribution is 0.0918. The summed E-state index contributed by atoms with van der Waals surface area (Å²) in [5.74, 6) is 0.680. The summed E-state index contributed by atoms with van der Waals surface area (Å²) in [6.07, 6.45) is 3.65. The van der Waals surface area contributed by atoms with E-state index in [0.717, 1.165) is 23.6 Å². The zero-order valence-electron chi connectivity index (χ0n) is 11.0. The van der Waals surface area contributed by atoms with Crippen molar-refractivity contribution in [3.63, 3.8) is 0 Å². The van der Waals surface area contributed by atoms with Gasteiger partial charge in [0, 0.05) is 11.4 Å². The second kappa shape index (κ2) is 5.85. The van der Waals surface area contributed by atoms with Gasteiger partial charge in [-0.15, -0.1) is 11.3 Å². The van der Waals surface area contributed by atoms with Crippen molar-refractivity contribution in [2.24, 2.45) is 5.92 Å². The second-order valence-electron chi connectivity index (χ2n) is 5.18. The first-order valence-corrected chi connectivity index (χ1v) is 7.49. The van der Waals surface area contributed by atoms with Gasteiger partial charge in [-0.05, 0) is 43.2 Å². The van der Waals surface area contributed by atoms with Crippen LogP contribution in [0.15, 0.2) is 6.07 Å². The molecule has 1 aliphatic rings. The molecule has 1 aromatic heterocycles. The van der Waals surface area contributed by atoms with Crippen LogP contribution in [-0.4, -0.2) is 23.7 Å². The van der Waals surface area contributed by atoms with Crippen molar-refractivity contribution in [3.8, 4) is 0 Å². The summed E-state index contributed by atoms with van der Waals surface area (Å²) in [6, 6.07) is 2.03. The number of carbonyl (C=O) groups excluding carboxylic acids is 1. The van der Waals surface area contributed by atoms with Gasteiger partial charge in [0.05, 0.1) is 11.0 Å². The van der Waals surface area contributed by atoms with Crippen LogP contribution >= 0.6 is 11.3 Å². The van der Waals surface area contributed by atoms with E-state index in [1.54, 1.807) is 11.3 Å². The number of aliphatic hydroxyl groups excluding tert-OH is 1. The van der Waals surface area contributed by atoms with Crippen molar-refractivity contribution in [1.29, 1.82) is 0 Å². The first-order valence-electron chi connectivity index (χ1n) is 6.68. The van der Waals surface area contributed by atoms with Gasteiger partial charge in [0.15, 0.2) is 0 Å². The van der Waals surface area contributed by atoms with Gasteiger partial charge in [0.25, 0.3) is 5.91 Å². The van der Waals surface area contributed by atoms with E-state index in [0.29, 0.717) is 13.0 Å².